The minimum absolute atomic E-state index is 0.0746. The van der Waals surface area contributed by atoms with Gasteiger partial charge in [0.1, 0.15) is 17.9 Å². The van der Waals surface area contributed by atoms with Crippen molar-refractivity contribution in [2.45, 2.75) is 63.3 Å². The van der Waals surface area contributed by atoms with Crippen molar-refractivity contribution in [2.24, 2.45) is 0 Å². The van der Waals surface area contributed by atoms with Gasteiger partial charge >= 0.3 is 0 Å². The summed E-state index contributed by atoms with van der Waals surface area (Å²) in [6.07, 6.45) is 3.97. The normalized spacial score (nSPS) is 23.9. The molecule has 4 aliphatic heterocycles. The molecule has 2 atom stereocenters. The molecule has 1 N–H and O–H groups in total. The van der Waals surface area contributed by atoms with Crippen LogP contribution in [0.15, 0.2) is 48.5 Å². The molecule has 0 aliphatic carbocycles. The van der Waals surface area contributed by atoms with E-state index in [2.05, 4.69) is 52.5 Å². The molecule has 5 heterocycles. The van der Waals surface area contributed by atoms with Gasteiger partial charge in [0, 0.05) is 55.2 Å². The number of aromatic nitrogens is 1. The Morgan fingerprint density at radius 3 is 2.64 bits per heavy atom. The van der Waals surface area contributed by atoms with Crippen molar-refractivity contribution in [1.82, 2.24) is 25.0 Å². The first-order valence-electron chi connectivity index (χ1n) is 15.1. The molecule has 0 saturated carbocycles. The second kappa shape index (κ2) is 11.1. The summed E-state index contributed by atoms with van der Waals surface area (Å²) in [5, 5.41) is 3.54. The van der Waals surface area contributed by atoms with Crippen molar-refractivity contribution in [3.05, 3.63) is 70.9 Å². The fourth-order valence-corrected chi connectivity index (χ4v) is 6.93. The molecule has 218 valence electrons. The summed E-state index contributed by atoms with van der Waals surface area (Å²) >= 11 is 0. The lowest BCUT2D eigenvalue weighted by molar-refractivity contribution is -0.136. The van der Waals surface area contributed by atoms with Crippen LogP contribution in [0.4, 0.5) is 0 Å². The number of imide groups is 1. The van der Waals surface area contributed by atoms with Crippen LogP contribution in [0.25, 0.3) is 10.9 Å². The number of pyridine rings is 1. The number of rotatable bonds is 6. The quantitative estimate of drug-likeness (QED) is 0.456. The summed E-state index contributed by atoms with van der Waals surface area (Å²) < 4.78 is 6.36. The van der Waals surface area contributed by atoms with Crippen molar-refractivity contribution in [1.29, 1.82) is 0 Å². The smallest absolute Gasteiger partial charge is 0.255 e. The number of piperidine rings is 2. The van der Waals surface area contributed by atoms with Crippen LogP contribution in [-0.4, -0.2) is 82.8 Å². The van der Waals surface area contributed by atoms with Crippen molar-refractivity contribution in [3.8, 4) is 5.75 Å². The van der Waals surface area contributed by atoms with Gasteiger partial charge in [-0.2, -0.15) is 0 Å². The maximum absolute atomic E-state index is 13.0. The van der Waals surface area contributed by atoms with Gasteiger partial charge in [0.15, 0.2) is 0 Å². The van der Waals surface area contributed by atoms with Gasteiger partial charge in [-0.3, -0.25) is 29.6 Å². The summed E-state index contributed by atoms with van der Waals surface area (Å²) in [5.41, 5.74) is 5.04. The minimum Gasteiger partial charge on any atom is -0.489 e. The van der Waals surface area contributed by atoms with E-state index in [-0.39, 0.29) is 24.3 Å². The number of nitrogens with zero attached hydrogens (tertiary/aromatic N) is 4. The lowest BCUT2D eigenvalue weighted by Crippen LogP contribution is -2.52. The largest absolute Gasteiger partial charge is 0.489 e. The molecular weight excluding hydrogens is 530 g/mol. The highest BCUT2D eigenvalue weighted by molar-refractivity contribution is 6.05. The Morgan fingerprint density at radius 1 is 0.952 bits per heavy atom. The molecule has 9 heteroatoms. The van der Waals surface area contributed by atoms with Crippen LogP contribution < -0.4 is 10.1 Å². The van der Waals surface area contributed by atoms with Gasteiger partial charge in [-0.25, -0.2) is 0 Å². The SMILES string of the molecule is CN1CCC(c2ccc3cc(CN4CC[C@H](Oc5ccc6c(c5)CN(C5CCC(=O)NC5=O)C6=O)C4)ccc3n2)CC1. The van der Waals surface area contributed by atoms with E-state index in [4.69, 9.17) is 9.72 Å². The predicted molar refractivity (Wildman–Crippen MR) is 158 cm³/mol. The van der Waals surface area contributed by atoms with Crippen molar-refractivity contribution < 1.29 is 19.1 Å². The van der Waals surface area contributed by atoms with Gasteiger partial charge in [-0.05, 0) is 93.3 Å². The Hall–Kier alpha value is -3.82. The maximum Gasteiger partial charge on any atom is 0.255 e. The Labute approximate surface area is 245 Å². The average molecular weight is 568 g/mol. The van der Waals surface area contributed by atoms with Crippen LogP contribution in [0.2, 0.25) is 0 Å². The van der Waals surface area contributed by atoms with Gasteiger partial charge in [-0.1, -0.05) is 12.1 Å². The number of carbonyl (C=O) groups excluding carboxylic acids is 3. The fourth-order valence-electron chi connectivity index (χ4n) is 6.93. The molecule has 4 aliphatic rings. The molecule has 1 unspecified atom stereocenters. The molecular formula is C33H37N5O4. The van der Waals surface area contributed by atoms with Gasteiger partial charge in [0.25, 0.3) is 5.91 Å². The number of fused-ring (bicyclic) bond motifs is 2. The van der Waals surface area contributed by atoms with E-state index in [1.54, 1.807) is 11.0 Å². The average Bonchev–Trinajstić information content (AvgIpc) is 3.56. The molecule has 9 nitrogen and oxygen atoms in total. The standard InChI is InChI=1S/C33H37N5O4/c1-36-13-10-22(11-14-36)28-7-3-23-16-21(2-6-29(23)34-28)18-37-15-12-26(20-37)42-25-4-5-27-24(17-25)19-38(33(27)41)30-8-9-31(39)35-32(30)40/h2-7,16-17,22,26,30H,8-15,18-20H2,1H3,(H,35,39,40)/t26-,30?/m0/s1. The van der Waals surface area contributed by atoms with E-state index in [0.717, 1.165) is 56.0 Å². The van der Waals surface area contributed by atoms with E-state index in [1.165, 1.54) is 29.5 Å². The number of hydrogen-bond donors (Lipinski definition) is 1. The van der Waals surface area contributed by atoms with E-state index in [9.17, 15) is 14.4 Å². The molecule has 0 radical (unpaired) electrons. The number of carbonyl (C=O) groups is 3. The highest BCUT2D eigenvalue weighted by Gasteiger charge is 2.39. The Morgan fingerprint density at radius 2 is 1.81 bits per heavy atom. The van der Waals surface area contributed by atoms with Gasteiger partial charge < -0.3 is 14.5 Å². The summed E-state index contributed by atoms with van der Waals surface area (Å²) in [6, 6.07) is 16.0. The number of ether oxygens (including phenoxy) is 1. The first-order valence-corrected chi connectivity index (χ1v) is 15.1. The zero-order chi connectivity index (χ0) is 28.8. The molecule has 7 rings (SSSR count). The van der Waals surface area contributed by atoms with E-state index < -0.39 is 11.9 Å². The molecule has 3 amide bonds. The van der Waals surface area contributed by atoms with E-state index >= 15 is 0 Å². The molecule has 1 aromatic heterocycles. The molecule has 3 aromatic rings. The molecule has 42 heavy (non-hydrogen) atoms. The number of amides is 3. The van der Waals surface area contributed by atoms with Crippen LogP contribution >= 0.6 is 0 Å². The third kappa shape index (κ3) is 5.39. The fraction of sp³-hybridized carbons (Fsp3) is 0.455. The summed E-state index contributed by atoms with van der Waals surface area (Å²) in [6.45, 7) is 5.29. The summed E-state index contributed by atoms with van der Waals surface area (Å²) in [5.74, 6) is 0.464. The summed E-state index contributed by atoms with van der Waals surface area (Å²) in [7, 11) is 2.19. The lowest BCUT2D eigenvalue weighted by Gasteiger charge is -2.29. The van der Waals surface area contributed by atoms with Crippen molar-refractivity contribution in [2.75, 3.05) is 33.2 Å². The van der Waals surface area contributed by atoms with Gasteiger partial charge in [0.2, 0.25) is 11.8 Å². The maximum atomic E-state index is 13.0. The molecule has 2 aromatic carbocycles. The number of likely N-dealkylation sites (tertiary alicyclic amines) is 2. The van der Waals surface area contributed by atoms with Crippen LogP contribution in [-0.2, 0) is 22.7 Å². The number of nitrogens with one attached hydrogen (secondary N) is 1. The predicted octanol–water partition coefficient (Wildman–Crippen LogP) is 3.46. The molecule has 3 saturated heterocycles. The molecule has 0 bridgehead atoms. The minimum atomic E-state index is -0.609. The zero-order valence-electron chi connectivity index (χ0n) is 24.1. The first-order chi connectivity index (χ1) is 20.4. The lowest BCUT2D eigenvalue weighted by atomic mass is 9.93. The topological polar surface area (TPSA) is 95.1 Å². The second-order valence-corrected chi connectivity index (χ2v) is 12.3. The second-order valence-electron chi connectivity index (χ2n) is 12.3. The monoisotopic (exact) mass is 567 g/mol. The van der Waals surface area contributed by atoms with Crippen molar-refractivity contribution >= 4 is 28.6 Å². The summed E-state index contributed by atoms with van der Waals surface area (Å²) in [4.78, 5) is 48.3. The number of hydrogen-bond acceptors (Lipinski definition) is 7. The third-order valence-corrected chi connectivity index (χ3v) is 9.35. The third-order valence-electron chi connectivity index (χ3n) is 9.35. The highest BCUT2D eigenvalue weighted by atomic mass is 16.5. The molecule has 0 spiro atoms. The van der Waals surface area contributed by atoms with Crippen LogP contribution in [0.1, 0.15) is 65.2 Å². The van der Waals surface area contributed by atoms with Crippen LogP contribution in [0.3, 0.4) is 0 Å². The molecule has 3 fully saturated rings. The van der Waals surface area contributed by atoms with Crippen LogP contribution in [0, 0.1) is 0 Å². The Balaban J connectivity index is 0.953. The van der Waals surface area contributed by atoms with E-state index in [0.29, 0.717) is 24.4 Å². The Bertz CT molecular complexity index is 1550. The number of benzene rings is 2. The van der Waals surface area contributed by atoms with Crippen LogP contribution in [0.5, 0.6) is 5.75 Å². The first kappa shape index (κ1) is 27.0. The highest BCUT2D eigenvalue weighted by Crippen LogP contribution is 2.32. The van der Waals surface area contributed by atoms with Gasteiger partial charge in [-0.15, -0.1) is 0 Å². The Kier molecular flexibility index (Phi) is 7.15. The van der Waals surface area contributed by atoms with Crippen molar-refractivity contribution in [3.63, 3.8) is 0 Å². The van der Waals surface area contributed by atoms with Gasteiger partial charge in [0.05, 0.1) is 5.52 Å². The zero-order valence-corrected chi connectivity index (χ0v) is 24.1. The van der Waals surface area contributed by atoms with E-state index in [1.807, 2.05) is 12.1 Å².